The van der Waals surface area contributed by atoms with Crippen molar-refractivity contribution in [2.75, 3.05) is 6.61 Å². The SMILES string of the molecule is CCOC(CC)C(O)Cc1c(Cl)c(C)nn1CC. The Kier molecular flexibility index (Phi) is 6.12. The highest BCUT2D eigenvalue weighted by Crippen LogP contribution is 2.23. The molecule has 0 aliphatic heterocycles. The van der Waals surface area contributed by atoms with Crippen LogP contribution in [0.3, 0.4) is 0 Å². The second kappa shape index (κ2) is 7.12. The summed E-state index contributed by atoms with van der Waals surface area (Å²) in [4.78, 5) is 0. The third-order valence-corrected chi connectivity index (χ3v) is 3.56. The van der Waals surface area contributed by atoms with Crippen LogP contribution in [-0.4, -0.2) is 33.7 Å². The van der Waals surface area contributed by atoms with Gasteiger partial charge in [-0.2, -0.15) is 5.10 Å². The largest absolute Gasteiger partial charge is 0.390 e. The molecular weight excluding hydrogens is 252 g/mol. The van der Waals surface area contributed by atoms with Crippen LogP contribution in [0.4, 0.5) is 0 Å². The van der Waals surface area contributed by atoms with Crippen LogP contribution in [0.2, 0.25) is 5.02 Å². The summed E-state index contributed by atoms with van der Waals surface area (Å²) in [5, 5.41) is 15.2. The van der Waals surface area contributed by atoms with E-state index in [9.17, 15) is 5.11 Å². The van der Waals surface area contributed by atoms with Crippen molar-refractivity contribution in [3.05, 3.63) is 16.4 Å². The molecule has 2 atom stereocenters. The Bertz CT molecular complexity index is 379. The lowest BCUT2D eigenvalue weighted by Gasteiger charge is -2.21. The highest BCUT2D eigenvalue weighted by atomic mass is 35.5. The number of ether oxygens (including phenoxy) is 1. The second-order valence-electron chi connectivity index (χ2n) is 4.34. The highest BCUT2D eigenvalue weighted by molar-refractivity contribution is 6.31. The molecule has 2 unspecified atom stereocenters. The summed E-state index contributed by atoms with van der Waals surface area (Å²) in [7, 11) is 0. The van der Waals surface area contributed by atoms with Crippen molar-refractivity contribution < 1.29 is 9.84 Å². The lowest BCUT2D eigenvalue weighted by atomic mass is 10.1. The third-order valence-electron chi connectivity index (χ3n) is 3.07. The molecule has 0 saturated carbocycles. The maximum absolute atomic E-state index is 10.2. The maximum Gasteiger partial charge on any atom is 0.0857 e. The first-order valence-corrected chi connectivity index (χ1v) is 6.94. The average Bonchev–Trinajstić information content (AvgIpc) is 2.63. The highest BCUT2D eigenvalue weighted by Gasteiger charge is 2.22. The number of aliphatic hydroxyl groups excluding tert-OH is 1. The Morgan fingerprint density at radius 2 is 2.06 bits per heavy atom. The minimum absolute atomic E-state index is 0.147. The molecule has 18 heavy (non-hydrogen) atoms. The molecular formula is C13H23ClN2O2. The fraction of sp³-hybridized carbons (Fsp3) is 0.769. The first-order chi connectivity index (χ1) is 8.54. The molecule has 0 fully saturated rings. The normalized spacial score (nSPS) is 14.8. The molecule has 0 spiro atoms. The fourth-order valence-electron chi connectivity index (χ4n) is 2.11. The molecule has 4 nitrogen and oxygen atoms in total. The summed E-state index contributed by atoms with van der Waals surface area (Å²) >= 11 is 6.23. The topological polar surface area (TPSA) is 47.3 Å². The van der Waals surface area contributed by atoms with Crippen molar-refractivity contribution in [3.63, 3.8) is 0 Å². The van der Waals surface area contributed by atoms with Crippen molar-refractivity contribution in [3.8, 4) is 0 Å². The quantitative estimate of drug-likeness (QED) is 0.831. The Balaban J connectivity index is 2.83. The number of hydrogen-bond donors (Lipinski definition) is 1. The minimum Gasteiger partial charge on any atom is -0.390 e. The van der Waals surface area contributed by atoms with E-state index in [1.54, 1.807) is 0 Å². The van der Waals surface area contributed by atoms with E-state index in [1.165, 1.54) is 0 Å². The summed E-state index contributed by atoms with van der Waals surface area (Å²) in [6, 6.07) is 0. The van der Waals surface area contributed by atoms with Crippen molar-refractivity contribution in [1.82, 2.24) is 9.78 Å². The van der Waals surface area contributed by atoms with Crippen molar-refractivity contribution in [1.29, 1.82) is 0 Å². The molecule has 1 N–H and O–H groups in total. The predicted molar refractivity (Wildman–Crippen MR) is 73.1 cm³/mol. The molecule has 1 rings (SSSR count). The number of nitrogens with zero attached hydrogens (tertiary/aromatic N) is 2. The van der Waals surface area contributed by atoms with Crippen molar-refractivity contribution in [2.45, 2.75) is 59.3 Å². The van der Waals surface area contributed by atoms with E-state index in [2.05, 4.69) is 5.10 Å². The van der Waals surface area contributed by atoms with Gasteiger partial charge in [0.05, 0.1) is 28.6 Å². The fourth-order valence-corrected chi connectivity index (χ4v) is 2.32. The van der Waals surface area contributed by atoms with E-state index in [1.807, 2.05) is 32.4 Å². The lowest BCUT2D eigenvalue weighted by Crippen LogP contribution is -2.31. The van der Waals surface area contributed by atoms with E-state index < -0.39 is 6.10 Å². The van der Waals surface area contributed by atoms with Crippen LogP contribution in [-0.2, 0) is 17.7 Å². The first-order valence-electron chi connectivity index (χ1n) is 6.56. The van der Waals surface area contributed by atoms with Crippen LogP contribution >= 0.6 is 11.6 Å². The Hall–Kier alpha value is -0.580. The van der Waals surface area contributed by atoms with Crippen LogP contribution in [0, 0.1) is 6.92 Å². The zero-order valence-electron chi connectivity index (χ0n) is 11.6. The zero-order chi connectivity index (χ0) is 13.7. The number of halogens is 1. The average molecular weight is 275 g/mol. The smallest absolute Gasteiger partial charge is 0.0857 e. The molecule has 1 heterocycles. The standard InChI is InChI=1S/C13H23ClN2O2/c1-5-12(18-7-3)11(17)8-10-13(14)9(4)15-16(10)6-2/h11-12,17H,5-8H2,1-4H3. The van der Waals surface area contributed by atoms with Gasteiger partial charge in [-0.25, -0.2) is 0 Å². The number of hydrogen-bond acceptors (Lipinski definition) is 3. The summed E-state index contributed by atoms with van der Waals surface area (Å²) in [6.45, 7) is 9.19. The van der Waals surface area contributed by atoms with Gasteiger partial charge in [-0.3, -0.25) is 4.68 Å². The van der Waals surface area contributed by atoms with E-state index in [0.29, 0.717) is 18.1 Å². The molecule has 0 amide bonds. The first kappa shape index (κ1) is 15.5. The monoisotopic (exact) mass is 274 g/mol. The molecule has 1 aromatic heterocycles. The van der Waals surface area contributed by atoms with Gasteiger partial charge in [0, 0.05) is 19.6 Å². The summed E-state index contributed by atoms with van der Waals surface area (Å²) < 4.78 is 7.37. The minimum atomic E-state index is -0.547. The van der Waals surface area contributed by atoms with Crippen molar-refractivity contribution in [2.24, 2.45) is 0 Å². The van der Waals surface area contributed by atoms with Gasteiger partial charge in [0.1, 0.15) is 0 Å². The van der Waals surface area contributed by atoms with Gasteiger partial charge in [0.2, 0.25) is 0 Å². The van der Waals surface area contributed by atoms with Crippen LogP contribution in [0.15, 0.2) is 0 Å². The summed E-state index contributed by atoms with van der Waals surface area (Å²) in [5.74, 6) is 0. The van der Waals surface area contributed by atoms with E-state index in [0.717, 1.165) is 24.4 Å². The number of aryl methyl sites for hydroxylation is 2. The summed E-state index contributed by atoms with van der Waals surface area (Å²) in [6.07, 6.45) is 0.568. The van der Waals surface area contributed by atoms with Crippen LogP contribution in [0.5, 0.6) is 0 Å². The molecule has 0 radical (unpaired) electrons. The Morgan fingerprint density at radius 3 is 2.56 bits per heavy atom. The Labute approximate surface area is 114 Å². The Morgan fingerprint density at radius 1 is 1.39 bits per heavy atom. The van der Waals surface area contributed by atoms with Gasteiger partial charge in [-0.15, -0.1) is 0 Å². The lowest BCUT2D eigenvalue weighted by molar-refractivity contribution is -0.0341. The van der Waals surface area contributed by atoms with Gasteiger partial charge >= 0.3 is 0 Å². The van der Waals surface area contributed by atoms with E-state index in [4.69, 9.17) is 16.3 Å². The van der Waals surface area contributed by atoms with Crippen LogP contribution < -0.4 is 0 Å². The maximum atomic E-state index is 10.2. The van der Waals surface area contributed by atoms with Crippen molar-refractivity contribution >= 4 is 11.6 Å². The van der Waals surface area contributed by atoms with Crippen LogP contribution in [0.25, 0.3) is 0 Å². The molecule has 0 aliphatic carbocycles. The van der Waals surface area contributed by atoms with Gasteiger partial charge < -0.3 is 9.84 Å². The molecule has 104 valence electrons. The zero-order valence-corrected chi connectivity index (χ0v) is 12.4. The summed E-state index contributed by atoms with van der Waals surface area (Å²) in [5.41, 5.74) is 1.70. The molecule has 0 aliphatic rings. The van der Waals surface area contributed by atoms with Gasteiger partial charge in [0.25, 0.3) is 0 Å². The number of aromatic nitrogens is 2. The molecule has 5 heteroatoms. The number of rotatable bonds is 7. The number of aliphatic hydroxyl groups is 1. The van der Waals surface area contributed by atoms with Gasteiger partial charge in [0.15, 0.2) is 0 Å². The molecule has 0 aromatic carbocycles. The molecule has 0 bridgehead atoms. The molecule has 0 saturated heterocycles. The van der Waals surface area contributed by atoms with Gasteiger partial charge in [-0.1, -0.05) is 18.5 Å². The third kappa shape index (κ3) is 3.46. The van der Waals surface area contributed by atoms with Crippen LogP contribution in [0.1, 0.15) is 38.6 Å². The second-order valence-corrected chi connectivity index (χ2v) is 4.71. The van der Waals surface area contributed by atoms with E-state index in [-0.39, 0.29) is 6.10 Å². The van der Waals surface area contributed by atoms with Gasteiger partial charge in [-0.05, 0) is 27.2 Å². The van der Waals surface area contributed by atoms with E-state index >= 15 is 0 Å². The predicted octanol–water partition coefficient (Wildman–Crippen LogP) is 2.58. The molecule has 1 aromatic rings.